The Morgan fingerprint density at radius 3 is 2.00 bits per heavy atom. The first kappa shape index (κ1) is 15.4. The Bertz CT molecular complexity index is 674. The molecule has 0 N–H and O–H groups in total. The molecular formula is C19H19NO3. The average Bonchev–Trinajstić information content (AvgIpc) is 2.63. The van der Waals surface area contributed by atoms with Crippen molar-refractivity contribution in [1.82, 2.24) is 0 Å². The Morgan fingerprint density at radius 1 is 0.826 bits per heavy atom. The van der Waals surface area contributed by atoms with Gasteiger partial charge < -0.3 is 9.64 Å². The Kier molecular flexibility index (Phi) is 4.83. The number of hydrogen-bond donors (Lipinski definition) is 0. The molecule has 0 spiro atoms. The predicted molar refractivity (Wildman–Crippen MR) is 89.2 cm³/mol. The van der Waals surface area contributed by atoms with Crippen LogP contribution >= 0.6 is 0 Å². The minimum atomic E-state index is -0.146. The van der Waals surface area contributed by atoms with Crippen molar-refractivity contribution in [2.45, 2.75) is 6.42 Å². The highest BCUT2D eigenvalue weighted by atomic mass is 16.5. The van der Waals surface area contributed by atoms with Crippen LogP contribution in [0.4, 0.5) is 5.69 Å². The zero-order chi connectivity index (χ0) is 16.1. The van der Waals surface area contributed by atoms with E-state index in [2.05, 4.69) is 4.90 Å². The van der Waals surface area contributed by atoms with Gasteiger partial charge in [0.2, 0.25) is 0 Å². The van der Waals surface area contributed by atoms with Gasteiger partial charge >= 0.3 is 0 Å². The highest BCUT2D eigenvalue weighted by Crippen LogP contribution is 2.18. The number of nitrogens with zero attached hydrogens (tertiary/aromatic N) is 1. The Hall–Kier alpha value is -2.46. The maximum atomic E-state index is 12.3. The summed E-state index contributed by atoms with van der Waals surface area (Å²) in [6.07, 6.45) is -0.0963. The maximum absolute atomic E-state index is 12.3. The van der Waals surface area contributed by atoms with Crippen LogP contribution < -0.4 is 4.90 Å². The molecule has 2 aromatic carbocycles. The minimum Gasteiger partial charge on any atom is -0.378 e. The second-order valence-electron chi connectivity index (χ2n) is 5.54. The van der Waals surface area contributed by atoms with E-state index in [-0.39, 0.29) is 18.0 Å². The maximum Gasteiger partial charge on any atom is 0.170 e. The van der Waals surface area contributed by atoms with Crippen LogP contribution in [0.1, 0.15) is 27.1 Å². The van der Waals surface area contributed by atoms with Gasteiger partial charge in [-0.1, -0.05) is 30.3 Å². The fourth-order valence-corrected chi connectivity index (χ4v) is 2.65. The zero-order valence-corrected chi connectivity index (χ0v) is 12.9. The number of ether oxygens (including phenoxy) is 1. The van der Waals surface area contributed by atoms with Crippen LogP contribution in [-0.2, 0) is 4.74 Å². The van der Waals surface area contributed by atoms with Crippen molar-refractivity contribution in [3.05, 3.63) is 65.7 Å². The molecule has 118 valence electrons. The van der Waals surface area contributed by atoms with E-state index in [1.54, 1.807) is 36.4 Å². The van der Waals surface area contributed by atoms with Gasteiger partial charge in [0, 0.05) is 29.9 Å². The molecule has 0 aromatic heterocycles. The molecule has 0 aliphatic carbocycles. The Labute approximate surface area is 135 Å². The molecule has 1 saturated heterocycles. The van der Waals surface area contributed by atoms with Gasteiger partial charge in [-0.2, -0.15) is 0 Å². The normalized spacial score (nSPS) is 14.5. The second kappa shape index (κ2) is 7.20. The summed E-state index contributed by atoms with van der Waals surface area (Å²) in [4.78, 5) is 26.6. The highest BCUT2D eigenvalue weighted by Gasteiger charge is 2.15. The number of hydrogen-bond acceptors (Lipinski definition) is 4. The van der Waals surface area contributed by atoms with E-state index < -0.39 is 0 Å². The van der Waals surface area contributed by atoms with Crippen molar-refractivity contribution in [1.29, 1.82) is 0 Å². The molecule has 1 aliphatic rings. The van der Waals surface area contributed by atoms with Crippen LogP contribution in [0.25, 0.3) is 0 Å². The Balaban J connectivity index is 1.64. The Morgan fingerprint density at radius 2 is 1.39 bits per heavy atom. The number of anilines is 1. The molecule has 1 fully saturated rings. The fraction of sp³-hybridized carbons (Fsp3) is 0.263. The molecule has 0 radical (unpaired) electrons. The molecule has 0 bridgehead atoms. The molecule has 0 unspecified atom stereocenters. The van der Waals surface area contributed by atoms with Gasteiger partial charge in [-0.3, -0.25) is 9.59 Å². The number of benzene rings is 2. The van der Waals surface area contributed by atoms with E-state index in [0.717, 1.165) is 32.0 Å². The summed E-state index contributed by atoms with van der Waals surface area (Å²) in [5, 5.41) is 0. The average molecular weight is 309 g/mol. The molecule has 0 saturated carbocycles. The lowest BCUT2D eigenvalue weighted by Crippen LogP contribution is -2.36. The first-order chi connectivity index (χ1) is 11.2. The molecule has 4 nitrogen and oxygen atoms in total. The third-order valence-electron chi connectivity index (χ3n) is 3.98. The third kappa shape index (κ3) is 3.85. The molecule has 0 atom stereocenters. The fourth-order valence-electron chi connectivity index (χ4n) is 2.65. The molecule has 0 amide bonds. The first-order valence-corrected chi connectivity index (χ1v) is 7.78. The highest BCUT2D eigenvalue weighted by molar-refractivity contribution is 6.13. The van der Waals surface area contributed by atoms with Crippen LogP contribution in [0.2, 0.25) is 0 Å². The molecule has 4 heteroatoms. The van der Waals surface area contributed by atoms with Gasteiger partial charge in [0.1, 0.15) is 0 Å². The largest absolute Gasteiger partial charge is 0.378 e. The summed E-state index contributed by atoms with van der Waals surface area (Å²) in [7, 11) is 0. The summed E-state index contributed by atoms with van der Waals surface area (Å²) in [5.74, 6) is -0.291. The number of Topliss-reactive ketones (excluding diaryl/α,β-unsaturated/α-hetero) is 2. The van der Waals surface area contributed by atoms with Crippen LogP contribution in [-0.4, -0.2) is 37.9 Å². The lowest BCUT2D eigenvalue weighted by atomic mass is 10.0. The first-order valence-electron chi connectivity index (χ1n) is 7.78. The zero-order valence-electron chi connectivity index (χ0n) is 12.9. The summed E-state index contributed by atoms with van der Waals surface area (Å²) >= 11 is 0. The lowest BCUT2D eigenvalue weighted by molar-refractivity contribution is 0.0894. The van der Waals surface area contributed by atoms with Crippen molar-refractivity contribution >= 4 is 17.3 Å². The van der Waals surface area contributed by atoms with Gasteiger partial charge in [0.25, 0.3) is 0 Å². The van der Waals surface area contributed by atoms with Crippen LogP contribution in [0, 0.1) is 0 Å². The number of ketones is 2. The van der Waals surface area contributed by atoms with Crippen molar-refractivity contribution in [3.63, 3.8) is 0 Å². The van der Waals surface area contributed by atoms with E-state index in [1.165, 1.54) is 0 Å². The summed E-state index contributed by atoms with van der Waals surface area (Å²) in [6, 6.07) is 16.4. The number of rotatable bonds is 5. The molecule has 3 rings (SSSR count). The van der Waals surface area contributed by atoms with E-state index in [1.807, 2.05) is 18.2 Å². The van der Waals surface area contributed by atoms with Gasteiger partial charge in [0.05, 0.1) is 19.6 Å². The second-order valence-corrected chi connectivity index (χ2v) is 5.54. The molecular weight excluding hydrogens is 290 g/mol. The van der Waals surface area contributed by atoms with E-state index in [9.17, 15) is 9.59 Å². The minimum absolute atomic E-state index is 0.0963. The van der Waals surface area contributed by atoms with Crippen LogP contribution in [0.15, 0.2) is 54.6 Å². The number of carbonyl (C=O) groups excluding carboxylic acids is 2. The summed E-state index contributed by atoms with van der Waals surface area (Å²) in [6.45, 7) is 3.18. The van der Waals surface area contributed by atoms with Gasteiger partial charge in [-0.15, -0.1) is 0 Å². The predicted octanol–water partition coefficient (Wildman–Crippen LogP) is 2.98. The molecule has 1 heterocycles. The van der Waals surface area contributed by atoms with Crippen molar-refractivity contribution < 1.29 is 14.3 Å². The van der Waals surface area contributed by atoms with E-state index in [0.29, 0.717) is 11.1 Å². The number of morpholine rings is 1. The third-order valence-corrected chi connectivity index (χ3v) is 3.98. The van der Waals surface area contributed by atoms with Gasteiger partial charge in [-0.25, -0.2) is 0 Å². The van der Waals surface area contributed by atoms with E-state index in [4.69, 9.17) is 4.74 Å². The van der Waals surface area contributed by atoms with Crippen LogP contribution in [0.5, 0.6) is 0 Å². The van der Waals surface area contributed by atoms with Crippen molar-refractivity contribution in [3.8, 4) is 0 Å². The summed E-state index contributed by atoms with van der Waals surface area (Å²) in [5.41, 5.74) is 2.23. The molecule has 2 aromatic rings. The van der Waals surface area contributed by atoms with Crippen molar-refractivity contribution in [2.24, 2.45) is 0 Å². The summed E-state index contributed by atoms with van der Waals surface area (Å²) < 4.78 is 5.34. The quantitative estimate of drug-likeness (QED) is 0.629. The monoisotopic (exact) mass is 309 g/mol. The van der Waals surface area contributed by atoms with Gasteiger partial charge in [-0.05, 0) is 24.3 Å². The van der Waals surface area contributed by atoms with E-state index >= 15 is 0 Å². The molecule has 23 heavy (non-hydrogen) atoms. The standard InChI is InChI=1S/C19H19NO3/c21-18(15-4-2-1-3-5-15)14-19(22)16-6-8-17(9-7-16)20-10-12-23-13-11-20/h1-9H,10-14H2. The SMILES string of the molecule is O=C(CC(=O)c1ccc(N2CCOCC2)cc1)c1ccccc1. The van der Waals surface area contributed by atoms with Gasteiger partial charge in [0.15, 0.2) is 11.6 Å². The van der Waals surface area contributed by atoms with Crippen molar-refractivity contribution in [2.75, 3.05) is 31.2 Å². The lowest BCUT2D eigenvalue weighted by Gasteiger charge is -2.28. The van der Waals surface area contributed by atoms with Crippen LogP contribution in [0.3, 0.4) is 0 Å². The molecule has 1 aliphatic heterocycles. The smallest absolute Gasteiger partial charge is 0.170 e. The number of carbonyl (C=O) groups is 2. The topological polar surface area (TPSA) is 46.6 Å².